The van der Waals surface area contributed by atoms with E-state index in [1.807, 2.05) is 42.3 Å². The largest absolute Gasteiger partial charge is 0.368 e. The predicted octanol–water partition coefficient (Wildman–Crippen LogP) is 1.09. The molecular formula is C19H26ClN7O. The lowest BCUT2D eigenvalue weighted by Crippen LogP contribution is -2.52. The quantitative estimate of drug-likeness (QED) is 0.577. The van der Waals surface area contributed by atoms with Crippen molar-refractivity contribution in [1.82, 2.24) is 25.3 Å². The smallest absolute Gasteiger partial charge is 0.242 e. The molecule has 0 saturated carbocycles. The zero-order chi connectivity index (χ0) is 19.9. The molecule has 28 heavy (non-hydrogen) atoms. The van der Waals surface area contributed by atoms with Crippen molar-refractivity contribution in [1.29, 1.82) is 0 Å². The number of nitrogens with one attached hydrogen (secondary N) is 2. The summed E-state index contributed by atoms with van der Waals surface area (Å²) in [6, 6.07) is 9.75. The Bertz CT molecular complexity index is 810. The maximum absolute atomic E-state index is 12.5. The average Bonchev–Trinajstić information content (AvgIpc) is 3.13. The fraction of sp³-hybridized carbons (Fsp3) is 0.421. The van der Waals surface area contributed by atoms with Gasteiger partial charge < -0.3 is 20.4 Å². The van der Waals surface area contributed by atoms with Crippen molar-refractivity contribution >= 4 is 29.2 Å². The maximum atomic E-state index is 12.5. The number of anilines is 1. The van der Waals surface area contributed by atoms with Gasteiger partial charge in [-0.25, -0.2) is 0 Å². The molecule has 0 atom stereocenters. The van der Waals surface area contributed by atoms with Gasteiger partial charge in [0.05, 0.1) is 18.8 Å². The number of benzene rings is 1. The van der Waals surface area contributed by atoms with E-state index in [4.69, 9.17) is 11.6 Å². The van der Waals surface area contributed by atoms with Crippen LogP contribution in [0.25, 0.3) is 0 Å². The van der Waals surface area contributed by atoms with E-state index in [-0.39, 0.29) is 12.5 Å². The van der Waals surface area contributed by atoms with E-state index >= 15 is 0 Å². The van der Waals surface area contributed by atoms with Crippen LogP contribution in [0.5, 0.6) is 0 Å². The second-order valence-electron chi connectivity index (χ2n) is 6.57. The summed E-state index contributed by atoms with van der Waals surface area (Å²) in [5.74, 6) is 0.661. The highest BCUT2D eigenvalue weighted by atomic mass is 35.5. The number of halogens is 1. The van der Waals surface area contributed by atoms with E-state index in [9.17, 15) is 4.79 Å². The summed E-state index contributed by atoms with van der Waals surface area (Å²) in [7, 11) is 3.58. The van der Waals surface area contributed by atoms with Gasteiger partial charge in [-0.3, -0.25) is 14.5 Å². The third-order valence-electron chi connectivity index (χ3n) is 4.81. The van der Waals surface area contributed by atoms with Crippen molar-refractivity contribution in [2.75, 3.05) is 44.7 Å². The van der Waals surface area contributed by atoms with Crippen molar-refractivity contribution in [3.8, 4) is 0 Å². The molecule has 1 amide bonds. The molecule has 0 radical (unpaired) electrons. The summed E-state index contributed by atoms with van der Waals surface area (Å²) in [6.45, 7) is 3.81. The minimum atomic E-state index is 0.0687. The Balaban J connectivity index is 1.42. The van der Waals surface area contributed by atoms with Crippen molar-refractivity contribution < 1.29 is 4.79 Å². The van der Waals surface area contributed by atoms with Crippen LogP contribution < -0.4 is 15.5 Å². The first-order chi connectivity index (χ1) is 13.6. The first-order valence-corrected chi connectivity index (χ1v) is 9.64. The van der Waals surface area contributed by atoms with Gasteiger partial charge in [-0.15, -0.1) is 0 Å². The summed E-state index contributed by atoms with van der Waals surface area (Å²) in [5, 5.41) is 11.1. The van der Waals surface area contributed by atoms with Crippen LogP contribution in [-0.2, 0) is 18.4 Å². The zero-order valence-electron chi connectivity index (χ0n) is 16.2. The maximum Gasteiger partial charge on any atom is 0.242 e. The van der Waals surface area contributed by atoms with Crippen molar-refractivity contribution in [2.24, 2.45) is 12.0 Å². The number of rotatable bonds is 5. The highest BCUT2D eigenvalue weighted by Gasteiger charge is 2.21. The lowest BCUT2D eigenvalue weighted by Gasteiger charge is -2.36. The molecular weight excluding hydrogens is 378 g/mol. The summed E-state index contributed by atoms with van der Waals surface area (Å²) in [6.07, 6.45) is 1.75. The molecule has 0 aliphatic carbocycles. The third kappa shape index (κ3) is 5.16. The lowest BCUT2D eigenvalue weighted by atomic mass is 10.2. The third-order valence-corrected chi connectivity index (χ3v) is 5.07. The summed E-state index contributed by atoms with van der Waals surface area (Å²) < 4.78 is 1.80. The average molecular weight is 404 g/mol. The molecule has 8 nitrogen and oxygen atoms in total. The van der Waals surface area contributed by atoms with Crippen molar-refractivity contribution in [3.63, 3.8) is 0 Å². The van der Waals surface area contributed by atoms with E-state index in [2.05, 4.69) is 25.6 Å². The predicted molar refractivity (Wildman–Crippen MR) is 112 cm³/mol. The first-order valence-electron chi connectivity index (χ1n) is 9.26. The van der Waals surface area contributed by atoms with E-state index < -0.39 is 0 Å². The number of hydrogen-bond acceptors (Lipinski definition) is 4. The topological polar surface area (TPSA) is 77.8 Å². The van der Waals surface area contributed by atoms with Gasteiger partial charge in [0.15, 0.2) is 5.96 Å². The lowest BCUT2D eigenvalue weighted by molar-refractivity contribution is -0.130. The van der Waals surface area contributed by atoms with Crippen LogP contribution >= 0.6 is 11.6 Å². The SMILES string of the molecule is CN=C(NCC(=O)N1CCN(c2ccc(Cl)cc2)CC1)NCc1ccnn1C. The molecule has 0 unspecified atom stereocenters. The van der Waals surface area contributed by atoms with E-state index in [0.717, 1.165) is 29.5 Å². The molecule has 1 aliphatic rings. The minimum absolute atomic E-state index is 0.0687. The number of guanidine groups is 1. The van der Waals surface area contributed by atoms with E-state index in [1.54, 1.807) is 17.9 Å². The molecule has 150 valence electrons. The van der Waals surface area contributed by atoms with Crippen LogP contribution in [-0.4, -0.2) is 66.3 Å². The van der Waals surface area contributed by atoms with Gasteiger partial charge in [-0.2, -0.15) is 5.10 Å². The molecule has 9 heteroatoms. The number of hydrogen-bond donors (Lipinski definition) is 2. The number of nitrogens with zero attached hydrogens (tertiary/aromatic N) is 5. The normalized spacial score (nSPS) is 14.9. The Kier molecular flexibility index (Phi) is 6.76. The van der Waals surface area contributed by atoms with Gasteiger partial charge in [0, 0.05) is 57.2 Å². The molecule has 1 aromatic heterocycles. The van der Waals surface area contributed by atoms with Crippen LogP contribution in [0.2, 0.25) is 5.02 Å². The highest BCUT2D eigenvalue weighted by molar-refractivity contribution is 6.30. The molecule has 2 N–H and O–H groups in total. The van der Waals surface area contributed by atoms with Gasteiger partial charge in [0.1, 0.15) is 0 Å². The van der Waals surface area contributed by atoms with Crippen LogP contribution in [0.4, 0.5) is 5.69 Å². The zero-order valence-corrected chi connectivity index (χ0v) is 17.0. The molecule has 2 aromatic rings. The minimum Gasteiger partial charge on any atom is -0.368 e. The molecule has 3 rings (SSSR count). The number of carbonyl (C=O) groups is 1. The Morgan fingerprint density at radius 3 is 2.46 bits per heavy atom. The van der Waals surface area contributed by atoms with Crippen LogP contribution in [0.3, 0.4) is 0 Å². The van der Waals surface area contributed by atoms with Crippen molar-refractivity contribution in [3.05, 3.63) is 47.2 Å². The molecule has 1 aliphatic heterocycles. The van der Waals surface area contributed by atoms with Gasteiger partial charge in [0.2, 0.25) is 5.91 Å². The van der Waals surface area contributed by atoms with E-state index in [1.165, 1.54) is 0 Å². The number of aryl methyl sites for hydroxylation is 1. The Labute approximate surface area is 170 Å². The number of aliphatic imine (C=N–C) groups is 1. The van der Waals surface area contributed by atoms with Crippen LogP contribution in [0.1, 0.15) is 5.69 Å². The Morgan fingerprint density at radius 1 is 1.14 bits per heavy atom. The molecule has 1 fully saturated rings. The van der Waals surface area contributed by atoms with Gasteiger partial charge >= 0.3 is 0 Å². The Hall–Kier alpha value is -2.74. The van der Waals surface area contributed by atoms with Crippen LogP contribution in [0, 0.1) is 0 Å². The Morgan fingerprint density at radius 2 is 1.86 bits per heavy atom. The van der Waals surface area contributed by atoms with Gasteiger partial charge in [-0.05, 0) is 30.3 Å². The fourth-order valence-electron chi connectivity index (χ4n) is 3.11. The summed E-state index contributed by atoms with van der Waals surface area (Å²) in [5.41, 5.74) is 2.17. The van der Waals surface area contributed by atoms with E-state index in [0.29, 0.717) is 25.6 Å². The number of carbonyl (C=O) groups excluding carboxylic acids is 1. The number of aromatic nitrogens is 2. The molecule has 0 spiro atoms. The van der Waals surface area contributed by atoms with Crippen LogP contribution in [0.15, 0.2) is 41.5 Å². The van der Waals surface area contributed by atoms with Gasteiger partial charge in [-0.1, -0.05) is 11.6 Å². The molecule has 1 saturated heterocycles. The standard InChI is InChI=1S/C19H26ClN7O/c1-21-19(22-13-17-7-8-24-25(17)2)23-14-18(28)27-11-9-26(10-12-27)16-5-3-15(20)4-6-16/h3-8H,9-14H2,1-2H3,(H2,21,22,23). The van der Waals surface area contributed by atoms with Crippen molar-refractivity contribution in [2.45, 2.75) is 6.54 Å². The molecule has 2 heterocycles. The number of piperazine rings is 1. The second-order valence-corrected chi connectivity index (χ2v) is 7.01. The molecule has 1 aromatic carbocycles. The summed E-state index contributed by atoms with van der Waals surface area (Å²) in [4.78, 5) is 20.8. The molecule has 0 bridgehead atoms. The number of amides is 1. The summed E-state index contributed by atoms with van der Waals surface area (Å²) >= 11 is 5.95. The fourth-order valence-corrected chi connectivity index (χ4v) is 3.23. The monoisotopic (exact) mass is 403 g/mol. The van der Waals surface area contributed by atoms with Gasteiger partial charge in [0.25, 0.3) is 0 Å². The second kappa shape index (κ2) is 9.45. The highest BCUT2D eigenvalue weighted by Crippen LogP contribution is 2.19. The first kappa shape index (κ1) is 20.0.